The molecule has 134 valence electrons. The Kier molecular flexibility index (Phi) is 5.54. The fourth-order valence-electron chi connectivity index (χ4n) is 2.54. The summed E-state index contributed by atoms with van der Waals surface area (Å²) >= 11 is 11.4. The number of rotatable bonds is 4. The third-order valence-corrected chi connectivity index (χ3v) is 4.39. The maximum absolute atomic E-state index is 13.2. The average Bonchev–Trinajstić information content (AvgIpc) is 2.89. The maximum atomic E-state index is 13.2. The van der Waals surface area contributed by atoms with Crippen LogP contribution in [0.1, 0.15) is 16.8 Å². The summed E-state index contributed by atoms with van der Waals surface area (Å²) in [6.45, 7) is 4.41. The number of halogens is 2. The minimum Gasteiger partial charge on any atom is -0.332 e. The number of hydrogen-bond donors (Lipinski definition) is 2. The van der Waals surface area contributed by atoms with Crippen molar-refractivity contribution in [2.45, 2.75) is 20.4 Å². The van der Waals surface area contributed by atoms with Crippen LogP contribution in [0.4, 0.5) is 15.9 Å². The van der Waals surface area contributed by atoms with Crippen molar-refractivity contribution >= 4 is 40.4 Å². The van der Waals surface area contributed by atoms with Crippen LogP contribution in [0, 0.1) is 19.7 Å². The standard InChI is InChI=1S/C19H18ClFN4S/c1-12-4-3-5-16(8-12)22-19(26)23-18-9-13(2)25(24-18)11-14-6-7-15(21)10-17(14)20/h3-10H,11H2,1-2H3,(H2,22,23,24,26). The van der Waals surface area contributed by atoms with E-state index in [1.54, 1.807) is 10.7 Å². The Hall–Kier alpha value is -2.44. The molecule has 0 spiro atoms. The van der Waals surface area contributed by atoms with Gasteiger partial charge in [0.15, 0.2) is 10.9 Å². The van der Waals surface area contributed by atoms with E-state index < -0.39 is 0 Å². The van der Waals surface area contributed by atoms with Gasteiger partial charge in [0.25, 0.3) is 0 Å². The first-order chi connectivity index (χ1) is 12.4. The molecule has 0 aliphatic rings. The van der Waals surface area contributed by atoms with Gasteiger partial charge in [-0.15, -0.1) is 0 Å². The lowest BCUT2D eigenvalue weighted by atomic mass is 10.2. The smallest absolute Gasteiger partial charge is 0.176 e. The van der Waals surface area contributed by atoms with Crippen LogP contribution < -0.4 is 10.6 Å². The number of anilines is 2. The van der Waals surface area contributed by atoms with Crippen LogP contribution in [0.25, 0.3) is 0 Å². The predicted octanol–water partition coefficient (Wildman–Crippen LogP) is 5.15. The van der Waals surface area contributed by atoms with Gasteiger partial charge in [0.2, 0.25) is 0 Å². The third-order valence-electron chi connectivity index (χ3n) is 3.83. The molecule has 4 nitrogen and oxygen atoms in total. The molecule has 1 aromatic heterocycles. The molecule has 2 aromatic carbocycles. The molecule has 7 heteroatoms. The maximum Gasteiger partial charge on any atom is 0.176 e. The summed E-state index contributed by atoms with van der Waals surface area (Å²) in [4.78, 5) is 0. The lowest BCUT2D eigenvalue weighted by Gasteiger charge is -2.09. The van der Waals surface area contributed by atoms with Crippen molar-refractivity contribution in [3.63, 3.8) is 0 Å². The van der Waals surface area contributed by atoms with E-state index in [4.69, 9.17) is 23.8 Å². The van der Waals surface area contributed by atoms with Crippen LogP contribution in [-0.4, -0.2) is 14.9 Å². The number of aromatic nitrogens is 2. The second kappa shape index (κ2) is 7.85. The Morgan fingerprint density at radius 2 is 1.96 bits per heavy atom. The molecule has 0 aliphatic heterocycles. The largest absolute Gasteiger partial charge is 0.332 e. The summed E-state index contributed by atoms with van der Waals surface area (Å²) in [6, 6.07) is 14.2. The van der Waals surface area contributed by atoms with E-state index in [0.29, 0.717) is 22.5 Å². The van der Waals surface area contributed by atoms with Crippen LogP contribution in [0.3, 0.4) is 0 Å². The molecule has 0 aliphatic carbocycles. The molecule has 0 saturated heterocycles. The van der Waals surface area contributed by atoms with E-state index in [-0.39, 0.29) is 5.82 Å². The highest BCUT2D eigenvalue weighted by Gasteiger charge is 2.09. The van der Waals surface area contributed by atoms with Gasteiger partial charge >= 0.3 is 0 Å². The highest BCUT2D eigenvalue weighted by atomic mass is 35.5. The summed E-state index contributed by atoms with van der Waals surface area (Å²) in [6.07, 6.45) is 0. The molecule has 0 bridgehead atoms. The molecule has 0 unspecified atom stereocenters. The van der Waals surface area contributed by atoms with Gasteiger partial charge in [0.05, 0.1) is 6.54 Å². The second-order valence-corrected chi connectivity index (χ2v) is 6.83. The first-order valence-electron chi connectivity index (χ1n) is 8.04. The van der Waals surface area contributed by atoms with Crippen LogP contribution in [0.15, 0.2) is 48.5 Å². The molecule has 3 aromatic rings. The van der Waals surface area contributed by atoms with Gasteiger partial charge in [-0.3, -0.25) is 4.68 Å². The van der Waals surface area contributed by atoms with E-state index in [0.717, 1.165) is 22.5 Å². The van der Waals surface area contributed by atoms with Crippen LogP contribution in [0.5, 0.6) is 0 Å². The molecule has 0 saturated carbocycles. The molecule has 1 heterocycles. The quantitative estimate of drug-likeness (QED) is 0.606. The monoisotopic (exact) mass is 388 g/mol. The van der Waals surface area contributed by atoms with Crippen molar-refractivity contribution in [3.05, 3.63) is 76.2 Å². The SMILES string of the molecule is Cc1cccc(NC(=S)Nc2cc(C)n(Cc3ccc(F)cc3Cl)n2)c1. The first-order valence-corrected chi connectivity index (χ1v) is 8.82. The Balaban J connectivity index is 1.68. The Labute approximate surface area is 162 Å². The van der Waals surface area contributed by atoms with Gasteiger partial charge in [-0.05, 0) is 61.5 Å². The van der Waals surface area contributed by atoms with E-state index in [1.807, 2.05) is 44.2 Å². The molecule has 0 fully saturated rings. The number of nitrogens with zero attached hydrogens (tertiary/aromatic N) is 2. The molecule has 0 radical (unpaired) electrons. The molecular formula is C19H18ClFN4S. The Morgan fingerprint density at radius 3 is 2.69 bits per heavy atom. The second-order valence-electron chi connectivity index (χ2n) is 6.01. The van der Waals surface area contributed by atoms with Crippen molar-refractivity contribution in [2.24, 2.45) is 0 Å². The van der Waals surface area contributed by atoms with Gasteiger partial charge in [-0.25, -0.2) is 4.39 Å². The Bertz CT molecular complexity index is 954. The zero-order valence-corrected chi connectivity index (χ0v) is 16.0. The Morgan fingerprint density at radius 1 is 1.15 bits per heavy atom. The molecular weight excluding hydrogens is 371 g/mol. The van der Waals surface area contributed by atoms with Crippen molar-refractivity contribution in [1.82, 2.24) is 9.78 Å². The highest BCUT2D eigenvalue weighted by Crippen LogP contribution is 2.20. The molecule has 0 atom stereocenters. The summed E-state index contributed by atoms with van der Waals surface area (Å²) in [5.74, 6) is 0.275. The van der Waals surface area contributed by atoms with E-state index in [1.165, 1.54) is 12.1 Å². The molecule has 26 heavy (non-hydrogen) atoms. The van der Waals surface area contributed by atoms with Crippen molar-refractivity contribution in [2.75, 3.05) is 10.6 Å². The summed E-state index contributed by atoms with van der Waals surface area (Å²) < 4.78 is 15.0. The van der Waals surface area contributed by atoms with Gasteiger partial charge in [-0.1, -0.05) is 29.8 Å². The average molecular weight is 389 g/mol. The van der Waals surface area contributed by atoms with Crippen molar-refractivity contribution in [1.29, 1.82) is 0 Å². The van der Waals surface area contributed by atoms with Gasteiger partial charge in [0.1, 0.15) is 5.82 Å². The van der Waals surface area contributed by atoms with E-state index in [2.05, 4.69) is 15.7 Å². The van der Waals surface area contributed by atoms with Crippen LogP contribution in [0.2, 0.25) is 5.02 Å². The van der Waals surface area contributed by atoms with Gasteiger partial charge in [-0.2, -0.15) is 5.10 Å². The fourth-order valence-corrected chi connectivity index (χ4v) is 2.99. The third kappa shape index (κ3) is 4.59. The fraction of sp³-hybridized carbons (Fsp3) is 0.158. The summed E-state index contributed by atoms with van der Waals surface area (Å²) in [5, 5.41) is 11.5. The number of benzene rings is 2. The van der Waals surface area contributed by atoms with Crippen LogP contribution in [-0.2, 0) is 6.54 Å². The summed E-state index contributed by atoms with van der Waals surface area (Å²) in [5.41, 5.74) is 3.79. The number of thiocarbonyl (C=S) groups is 1. The van der Waals surface area contributed by atoms with Crippen LogP contribution >= 0.6 is 23.8 Å². The van der Waals surface area contributed by atoms with Crippen molar-refractivity contribution in [3.8, 4) is 0 Å². The first kappa shape index (κ1) is 18.4. The molecule has 2 N–H and O–H groups in total. The number of nitrogens with one attached hydrogen (secondary N) is 2. The minimum absolute atomic E-state index is 0.356. The van der Waals surface area contributed by atoms with Gasteiger partial charge in [0, 0.05) is 22.5 Å². The molecule has 0 amide bonds. The topological polar surface area (TPSA) is 41.9 Å². The minimum atomic E-state index is -0.356. The lowest BCUT2D eigenvalue weighted by molar-refractivity contribution is 0.623. The normalized spacial score (nSPS) is 10.6. The van der Waals surface area contributed by atoms with Gasteiger partial charge < -0.3 is 10.6 Å². The lowest BCUT2D eigenvalue weighted by Crippen LogP contribution is -2.19. The predicted molar refractivity (Wildman–Crippen MR) is 108 cm³/mol. The highest BCUT2D eigenvalue weighted by molar-refractivity contribution is 7.80. The number of hydrogen-bond acceptors (Lipinski definition) is 2. The van der Waals surface area contributed by atoms with E-state index in [9.17, 15) is 4.39 Å². The molecule has 3 rings (SSSR count). The summed E-state index contributed by atoms with van der Waals surface area (Å²) in [7, 11) is 0. The van der Waals surface area contributed by atoms with Crippen molar-refractivity contribution < 1.29 is 4.39 Å². The van der Waals surface area contributed by atoms with E-state index >= 15 is 0 Å². The zero-order chi connectivity index (χ0) is 18.7. The number of aryl methyl sites for hydroxylation is 2. The zero-order valence-electron chi connectivity index (χ0n) is 14.4.